The molecule has 0 spiro atoms. The third-order valence-corrected chi connectivity index (χ3v) is 4.64. The average Bonchev–Trinajstić information content (AvgIpc) is 2.50. The van der Waals surface area contributed by atoms with E-state index in [1.165, 1.54) is 22.8 Å². The highest BCUT2D eigenvalue weighted by Gasteiger charge is 2.25. The van der Waals surface area contributed by atoms with Crippen LogP contribution in [0.3, 0.4) is 0 Å². The number of sulfonamides is 1. The Morgan fingerprint density at radius 2 is 2.19 bits per heavy atom. The van der Waals surface area contributed by atoms with Gasteiger partial charge in [0.1, 0.15) is 4.90 Å². The largest absolute Gasteiger partial charge is 0.320 e. The van der Waals surface area contributed by atoms with Crippen molar-refractivity contribution in [1.29, 1.82) is 5.26 Å². The highest BCUT2D eigenvalue weighted by Crippen LogP contribution is 2.17. The van der Waals surface area contributed by atoms with Crippen LogP contribution in [0.25, 0.3) is 0 Å². The SMILES string of the molecule is CCN(CC(C)C#N)S(=O)(=O)c1cncc(C#CCN)c1. The minimum Gasteiger partial charge on any atom is -0.320 e. The zero-order valence-electron chi connectivity index (χ0n) is 12.1. The second-order valence-electron chi connectivity index (χ2n) is 4.40. The second-order valence-corrected chi connectivity index (χ2v) is 6.34. The van der Waals surface area contributed by atoms with Gasteiger partial charge in [-0.1, -0.05) is 18.8 Å². The molecule has 1 atom stereocenters. The van der Waals surface area contributed by atoms with Gasteiger partial charge >= 0.3 is 0 Å². The van der Waals surface area contributed by atoms with E-state index in [2.05, 4.69) is 16.8 Å². The number of aromatic nitrogens is 1. The molecule has 0 amide bonds. The molecule has 2 N–H and O–H groups in total. The van der Waals surface area contributed by atoms with Crippen LogP contribution in [0.5, 0.6) is 0 Å². The summed E-state index contributed by atoms with van der Waals surface area (Å²) in [7, 11) is -3.68. The first kappa shape index (κ1) is 17.1. The summed E-state index contributed by atoms with van der Waals surface area (Å²) in [6.45, 7) is 4.03. The highest BCUT2D eigenvalue weighted by atomic mass is 32.2. The molecule has 0 bridgehead atoms. The Bertz CT molecular complexity index is 683. The van der Waals surface area contributed by atoms with Crippen LogP contribution in [0.4, 0.5) is 0 Å². The minimum atomic E-state index is -3.68. The van der Waals surface area contributed by atoms with Gasteiger partial charge in [0.2, 0.25) is 10.0 Å². The fourth-order valence-corrected chi connectivity index (χ4v) is 3.20. The highest BCUT2D eigenvalue weighted by molar-refractivity contribution is 7.89. The Labute approximate surface area is 125 Å². The summed E-state index contributed by atoms with van der Waals surface area (Å²) in [5.74, 6) is 5.03. The number of nitriles is 1. The molecule has 21 heavy (non-hydrogen) atoms. The van der Waals surface area contributed by atoms with Crippen LogP contribution in [0.15, 0.2) is 23.4 Å². The van der Waals surface area contributed by atoms with E-state index < -0.39 is 10.0 Å². The molecule has 1 rings (SSSR count). The summed E-state index contributed by atoms with van der Waals surface area (Å²) in [6, 6.07) is 3.50. The fraction of sp³-hybridized carbons (Fsp3) is 0.429. The predicted octanol–water partition coefficient (Wildman–Crippen LogP) is 0.562. The molecule has 1 aromatic heterocycles. The van der Waals surface area contributed by atoms with Gasteiger partial charge < -0.3 is 5.73 Å². The molecular formula is C14H18N4O2S. The fourth-order valence-electron chi connectivity index (χ4n) is 1.67. The standard InChI is InChI=1S/C14H18N4O2S/c1-3-18(11-12(2)8-16)21(19,20)14-7-13(5-4-6-15)9-17-10-14/h7,9-10,12H,3,6,11,15H2,1-2H3. The molecule has 0 radical (unpaired) electrons. The van der Waals surface area contributed by atoms with Crippen LogP contribution in [-0.2, 0) is 10.0 Å². The molecule has 0 aliphatic heterocycles. The summed E-state index contributed by atoms with van der Waals surface area (Å²) in [5.41, 5.74) is 5.78. The van der Waals surface area contributed by atoms with Gasteiger partial charge in [-0.05, 0) is 13.0 Å². The third-order valence-electron chi connectivity index (χ3n) is 2.74. The van der Waals surface area contributed by atoms with Crippen LogP contribution in [0.1, 0.15) is 19.4 Å². The molecule has 0 aliphatic carbocycles. The first-order valence-corrected chi connectivity index (χ1v) is 7.93. The van der Waals surface area contributed by atoms with Crippen LogP contribution in [0.2, 0.25) is 0 Å². The van der Waals surface area contributed by atoms with Gasteiger partial charge in [0.15, 0.2) is 0 Å². The van der Waals surface area contributed by atoms with Crippen molar-refractivity contribution in [1.82, 2.24) is 9.29 Å². The van der Waals surface area contributed by atoms with Gasteiger partial charge in [-0.3, -0.25) is 4.98 Å². The Morgan fingerprint density at radius 1 is 1.48 bits per heavy atom. The molecule has 0 aliphatic rings. The Balaban J connectivity index is 3.14. The van der Waals surface area contributed by atoms with Gasteiger partial charge in [0, 0.05) is 31.0 Å². The number of hydrogen-bond acceptors (Lipinski definition) is 5. The number of hydrogen-bond donors (Lipinski definition) is 1. The topological polar surface area (TPSA) is 100 Å². The van der Waals surface area contributed by atoms with E-state index in [1.54, 1.807) is 13.8 Å². The van der Waals surface area contributed by atoms with Crippen molar-refractivity contribution >= 4 is 10.0 Å². The van der Waals surface area contributed by atoms with E-state index in [-0.39, 0.29) is 30.4 Å². The summed E-state index contributed by atoms with van der Waals surface area (Å²) in [5, 5.41) is 8.84. The predicted molar refractivity (Wildman–Crippen MR) is 79.4 cm³/mol. The Kier molecular flexibility index (Phi) is 6.32. The molecule has 1 unspecified atom stereocenters. The lowest BCUT2D eigenvalue weighted by Gasteiger charge is -2.21. The number of nitrogens with two attached hydrogens (primary N) is 1. The lowest BCUT2D eigenvalue weighted by Crippen LogP contribution is -2.34. The maximum atomic E-state index is 12.5. The molecular weight excluding hydrogens is 288 g/mol. The minimum absolute atomic E-state index is 0.0679. The van der Waals surface area contributed by atoms with Crippen molar-refractivity contribution < 1.29 is 8.42 Å². The third kappa shape index (κ3) is 4.54. The number of pyridine rings is 1. The lowest BCUT2D eigenvalue weighted by atomic mass is 10.2. The zero-order valence-corrected chi connectivity index (χ0v) is 12.9. The normalized spacial score (nSPS) is 12.3. The summed E-state index contributed by atoms with van der Waals surface area (Å²) < 4.78 is 26.4. The first-order chi connectivity index (χ1) is 9.95. The first-order valence-electron chi connectivity index (χ1n) is 6.49. The van der Waals surface area contributed by atoms with Gasteiger partial charge in [0.05, 0.1) is 18.5 Å². The van der Waals surface area contributed by atoms with E-state index in [9.17, 15) is 8.42 Å². The maximum absolute atomic E-state index is 12.5. The van der Waals surface area contributed by atoms with Gasteiger partial charge in [0.25, 0.3) is 0 Å². The number of nitrogens with zero attached hydrogens (tertiary/aromatic N) is 3. The van der Waals surface area contributed by atoms with E-state index in [4.69, 9.17) is 11.0 Å². The molecule has 0 saturated heterocycles. The molecule has 6 nitrogen and oxygen atoms in total. The summed E-state index contributed by atoms with van der Waals surface area (Å²) >= 11 is 0. The van der Waals surface area contributed by atoms with Crippen LogP contribution in [0, 0.1) is 29.1 Å². The lowest BCUT2D eigenvalue weighted by molar-refractivity contribution is 0.399. The molecule has 0 aromatic carbocycles. The monoisotopic (exact) mass is 306 g/mol. The van der Waals surface area contributed by atoms with Crippen molar-refractivity contribution in [3.05, 3.63) is 24.0 Å². The van der Waals surface area contributed by atoms with Gasteiger partial charge in [-0.15, -0.1) is 0 Å². The molecule has 0 fully saturated rings. The Hall–Kier alpha value is -1.93. The quantitative estimate of drug-likeness (QED) is 0.801. The maximum Gasteiger partial charge on any atom is 0.244 e. The number of rotatable bonds is 5. The van der Waals surface area contributed by atoms with E-state index in [0.29, 0.717) is 5.56 Å². The molecule has 112 valence electrons. The molecule has 0 saturated carbocycles. The molecule has 1 heterocycles. The van der Waals surface area contributed by atoms with Gasteiger partial charge in [-0.25, -0.2) is 8.42 Å². The van der Waals surface area contributed by atoms with E-state index >= 15 is 0 Å². The summed E-state index contributed by atoms with van der Waals surface area (Å²) in [4.78, 5) is 3.97. The van der Waals surface area contributed by atoms with Gasteiger partial charge in [-0.2, -0.15) is 9.57 Å². The van der Waals surface area contributed by atoms with Crippen molar-refractivity contribution in [3.63, 3.8) is 0 Å². The van der Waals surface area contributed by atoms with Crippen molar-refractivity contribution in [2.75, 3.05) is 19.6 Å². The molecule has 1 aromatic rings. The van der Waals surface area contributed by atoms with E-state index in [1.807, 2.05) is 6.07 Å². The summed E-state index contributed by atoms with van der Waals surface area (Å²) in [6.07, 6.45) is 2.76. The average molecular weight is 306 g/mol. The Morgan fingerprint density at radius 3 is 2.76 bits per heavy atom. The smallest absolute Gasteiger partial charge is 0.244 e. The van der Waals surface area contributed by atoms with Crippen molar-refractivity contribution in [2.24, 2.45) is 11.7 Å². The van der Waals surface area contributed by atoms with Crippen molar-refractivity contribution in [2.45, 2.75) is 18.7 Å². The molecule has 7 heteroatoms. The van der Waals surface area contributed by atoms with E-state index in [0.717, 1.165) is 0 Å². The second kappa shape index (κ2) is 7.75. The van der Waals surface area contributed by atoms with Crippen LogP contribution >= 0.6 is 0 Å². The van der Waals surface area contributed by atoms with Crippen LogP contribution in [-0.4, -0.2) is 37.3 Å². The van der Waals surface area contributed by atoms with Crippen LogP contribution < -0.4 is 5.73 Å². The van der Waals surface area contributed by atoms with Crippen molar-refractivity contribution in [3.8, 4) is 17.9 Å². The zero-order chi connectivity index (χ0) is 15.9.